The zero-order valence-corrected chi connectivity index (χ0v) is 17.9. The predicted molar refractivity (Wildman–Crippen MR) is 123 cm³/mol. The average Bonchev–Trinajstić information content (AvgIpc) is 2.78. The fourth-order valence-electron chi connectivity index (χ4n) is 2.88. The minimum absolute atomic E-state index is 0.0163. The van der Waals surface area contributed by atoms with E-state index in [2.05, 4.69) is 10.6 Å². The van der Waals surface area contributed by atoms with Crippen LogP contribution >= 0.6 is 0 Å². The zero-order valence-electron chi connectivity index (χ0n) is 17.1. The second-order valence-electron chi connectivity index (χ2n) is 6.66. The average molecular weight is 452 g/mol. The highest BCUT2D eigenvalue weighted by Gasteiger charge is 2.14. The first-order valence-electron chi connectivity index (χ1n) is 9.42. The van der Waals surface area contributed by atoms with E-state index in [-0.39, 0.29) is 4.90 Å². The van der Waals surface area contributed by atoms with E-state index in [9.17, 15) is 18.0 Å². The first-order valence-corrected chi connectivity index (χ1v) is 11.0. The van der Waals surface area contributed by atoms with Crippen molar-refractivity contribution in [2.75, 3.05) is 17.7 Å². The number of carbonyl (C=O) groups is 2. The number of amides is 2. The minimum Gasteiger partial charge on any atom is -0.497 e. The van der Waals surface area contributed by atoms with E-state index < -0.39 is 21.8 Å². The van der Waals surface area contributed by atoms with Gasteiger partial charge >= 0.3 is 0 Å². The van der Waals surface area contributed by atoms with Gasteiger partial charge < -0.3 is 15.4 Å². The molecule has 3 aromatic carbocycles. The molecule has 0 saturated heterocycles. The Labute approximate surface area is 185 Å². The van der Waals surface area contributed by atoms with Crippen molar-refractivity contribution >= 4 is 33.2 Å². The van der Waals surface area contributed by atoms with Gasteiger partial charge in [-0.2, -0.15) is 0 Å². The van der Waals surface area contributed by atoms with Crippen LogP contribution in [0.5, 0.6) is 5.75 Å². The Balaban J connectivity index is 1.62. The van der Waals surface area contributed by atoms with E-state index in [0.717, 1.165) is 12.2 Å². The summed E-state index contributed by atoms with van der Waals surface area (Å²) in [6.45, 7) is 0. The molecule has 2 amide bonds. The van der Waals surface area contributed by atoms with Crippen molar-refractivity contribution in [2.24, 2.45) is 5.14 Å². The van der Waals surface area contributed by atoms with Gasteiger partial charge in [-0.05, 0) is 48.0 Å². The van der Waals surface area contributed by atoms with Crippen molar-refractivity contribution in [1.29, 1.82) is 0 Å². The summed E-state index contributed by atoms with van der Waals surface area (Å²) in [5.41, 5.74) is 2.13. The van der Waals surface area contributed by atoms with E-state index in [1.165, 1.54) is 6.07 Å². The number of sulfonamides is 1. The maximum absolute atomic E-state index is 12.1. The zero-order chi connectivity index (χ0) is 23.1. The van der Waals surface area contributed by atoms with Gasteiger partial charge in [0.1, 0.15) is 5.75 Å². The molecular formula is C23H21N3O5S. The molecule has 32 heavy (non-hydrogen) atoms. The molecule has 3 aromatic rings. The molecule has 4 N–H and O–H groups in total. The van der Waals surface area contributed by atoms with Crippen LogP contribution in [0.4, 0.5) is 11.4 Å². The molecule has 0 bridgehead atoms. The number of carbonyl (C=O) groups excluding carboxylic acids is 2. The number of benzene rings is 3. The quantitative estimate of drug-likeness (QED) is 0.476. The third-order valence-corrected chi connectivity index (χ3v) is 5.37. The molecule has 0 fully saturated rings. The van der Waals surface area contributed by atoms with Crippen LogP contribution in [0.2, 0.25) is 0 Å². The molecule has 0 saturated carbocycles. The summed E-state index contributed by atoms with van der Waals surface area (Å²) < 4.78 is 28.6. The molecule has 164 valence electrons. The molecule has 0 unspecified atom stereocenters. The van der Waals surface area contributed by atoms with Crippen molar-refractivity contribution < 1.29 is 22.7 Å². The smallest absolute Gasteiger partial charge is 0.248 e. The Kier molecular flexibility index (Phi) is 7.04. The lowest BCUT2D eigenvalue weighted by Gasteiger charge is -2.09. The second kappa shape index (κ2) is 9.90. The lowest BCUT2D eigenvalue weighted by Crippen LogP contribution is -2.13. The number of primary sulfonamides is 1. The highest BCUT2D eigenvalue weighted by Crippen LogP contribution is 2.27. The Morgan fingerprint density at radius 2 is 1.31 bits per heavy atom. The van der Waals surface area contributed by atoms with Crippen LogP contribution in [-0.2, 0) is 19.6 Å². The first kappa shape index (κ1) is 22.7. The molecule has 0 aliphatic carbocycles. The van der Waals surface area contributed by atoms with Crippen molar-refractivity contribution in [1.82, 2.24) is 0 Å². The fraction of sp³-hybridized carbons (Fsp3) is 0.0435. The molecule has 0 aromatic heterocycles. The van der Waals surface area contributed by atoms with Crippen molar-refractivity contribution in [2.45, 2.75) is 4.90 Å². The Hall–Kier alpha value is -3.95. The van der Waals surface area contributed by atoms with E-state index in [1.54, 1.807) is 73.8 Å². The summed E-state index contributed by atoms with van der Waals surface area (Å²) in [6.07, 6.45) is 2.24. The minimum atomic E-state index is -3.88. The molecule has 0 heterocycles. The van der Waals surface area contributed by atoms with Gasteiger partial charge in [-0.25, -0.2) is 13.6 Å². The number of ether oxygens (including phenoxy) is 1. The van der Waals surface area contributed by atoms with Gasteiger partial charge in [0.25, 0.3) is 0 Å². The summed E-state index contributed by atoms with van der Waals surface area (Å²) >= 11 is 0. The SMILES string of the molecule is COc1ccc(NC(=O)/C=C/C(=O)Nc2ccc(-c3ccccc3S(N)(=O)=O)cc2)cc1. The summed E-state index contributed by atoms with van der Waals surface area (Å²) in [4.78, 5) is 24.1. The number of hydrogen-bond donors (Lipinski definition) is 3. The molecule has 3 rings (SSSR count). The summed E-state index contributed by atoms with van der Waals surface area (Å²) in [5.74, 6) is -0.287. The number of nitrogens with two attached hydrogens (primary N) is 1. The molecule has 0 spiro atoms. The van der Waals surface area contributed by atoms with Gasteiger partial charge in [-0.1, -0.05) is 30.3 Å². The first-order chi connectivity index (χ1) is 15.3. The maximum Gasteiger partial charge on any atom is 0.248 e. The highest BCUT2D eigenvalue weighted by atomic mass is 32.2. The van der Waals surface area contributed by atoms with Crippen LogP contribution in [0.3, 0.4) is 0 Å². The maximum atomic E-state index is 12.1. The largest absolute Gasteiger partial charge is 0.497 e. The fourth-order valence-corrected chi connectivity index (χ4v) is 3.64. The van der Waals surface area contributed by atoms with Crippen LogP contribution in [0, 0.1) is 0 Å². The Morgan fingerprint density at radius 1 is 0.812 bits per heavy atom. The van der Waals surface area contributed by atoms with E-state index in [0.29, 0.717) is 28.3 Å². The molecular weight excluding hydrogens is 430 g/mol. The van der Waals surface area contributed by atoms with E-state index in [1.807, 2.05) is 0 Å². The van der Waals surface area contributed by atoms with E-state index >= 15 is 0 Å². The lowest BCUT2D eigenvalue weighted by atomic mass is 10.1. The molecule has 0 aliphatic heterocycles. The molecule has 8 nitrogen and oxygen atoms in total. The van der Waals surface area contributed by atoms with Crippen LogP contribution in [0.1, 0.15) is 0 Å². The van der Waals surface area contributed by atoms with Crippen molar-refractivity contribution in [3.05, 3.63) is 84.9 Å². The van der Waals surface area contributed by atoms with Gasteiger partial charge in [0.2, 0.25) is 21.8 Å². The number of anilines is 2. The van der Waals surface area contributed by atoms with Crippen LogP contribution in [0.15, 0.2) is 89.8 Å². The number of hydrogen-bond acceptors (Lipinski definition) is 5. The van der Waals surface area contributed by atoms with Gasteiger partial charge in [0.05, 0.1) is 12.0 Å². The van der Waals surface area contributed by atoms with Gasteiger partial charge in [0.15, 0.2) is 0 Å². The number of methoxy groups -OCH3 is 1. The number of rotatable bonds is 7. The third-order valence-electron chi connectivity index (χ3n) is 4.40. The monoisotopic (exact) mass is 451 g/mol. The van der Waals surface area contributed by atoms with Crippen LogP contribution < -0.4 is 20.5 Å². The molecule has 0 atom stereocenters. The van der Waals surface area contributed by atoms with E-state index in [4.69, 9.17) is 9.88 Å². The normalized spacial score (nSPS) is 11.2. The summed E-state index contributed by atoms with van der Waals surface area (Å²) in [7, 11) is -2.33. The molecule has 0 radical (unpaired) electrons. The lowest BCUT2D eigenvalue weighted by molar-refractivity contribution is -0.114. The van der Waals surface area contributed by atoms with Crippen molar-refractivity contribution in [3.63, 3.8) is 0 Å². The summed E-state index contributed by atoms with van der Waals surface area (Å²) in [5, 5.41) is 10.5. The predicted octanol–water partition coefficient (Wildman–Crippen LogP) is 3.14. The topological polar surface area (TPSA) is 128 Å². The Bertz CT molecular complexity index is 1250. The van der Waals surface area contributed by atoms with Crippen molar-refractivity contribution in [3.8, 4) is 16.9 Å². The van der Waals surface area contributed by atoms with Gasteiger partial charge in [0, 0.05) is 29.1 Å². The highest BCUT2D eigenvalue weighted by molar-refractivity contribution is 7.89. The van der Waals surface area contributed by atoms with Gasteiger partial charge in [-0.15, -0.1) is 0 Å². The second-order valence-corrected chi connectivity index (χ2v) is 8.19. The summed E-state index contributed by atoms with van der Waals surface area (Å²) in [6, 6.07) is 19.7. The molecule has 9 heteroatoms. The van der Waals surface area contributed by atoms with Crippen LogP contribution in [-0.4, -0.2) is 27.3 Å². The van der Waals surface area contributed by atoms with Crippen LogP contribution in [0.25, 0.3) is 11.1 Å². The number of nitrogens with one attached hydrogen (secondary N) is 2. The Morgan fingerprint density at radius 3 is 1.81 bits per heavy atom. The van der Waals surface area contributed by atoms with Gasteiger partial charge in [-0.3, -0.25) is 9.59 Å². The molecule has 0 aliphatic rings. The third kappa shape index (κ3) is 6.03. The standard InChI is InChI=1S/C23H21N3O5S/c1-31-19-12-10-18(11-13-19)26-23(28)15-14-22(27)25-17-8-6-16(7-9-17)20-4-2-3-5-21(20)32(24,29)30/h2-15H,1H3,(H,25,27)(H,26,28)(H2,24,29,30)/b15-14+.